The van der Waals surface area contributed by atoms with Gasteiger partial charge in [-0.2, -0.15) is 0 Å². The molecule has 0 saturated carbocycles. The molecule has 196 valence electrons. The summed E-state index contributed by atoms with van der Waals surface area (Å²) < 4.78 is 34.2. The zero-order valence-corrected chi connectivity index (χ0v) is 20.7. The predicted octanol–water partition coefficient (Wildman–Crippen LogP) is 3.19. The fraction of sp³-hybridized carbons (Fsp3) is 0.333. The minimum atomic E-state index is -1.50. The summed E-state index contributed by atoms with van der Waals surface area (Å²) in [5.74, 6) is 1.43. The SMILES string of the molecule is COc1ccc(-c2c(O)cc3c(oc4ccc(O[C@@H]5O[C@@H](C)[C@H](O)[C@@H](O)[C@H]5O)c(OC)c43)c2OC)cc1. The normalized spacial score (nSPS) is 23.8. The zero-order chi connectivity index (χ0) is 26.4. The number of aliphatic hydroxyl groups excluding tert-OH is 3. The maximum absolute atomic E-state index is 11.1. The van der Waals surface area contributed by atoms with Gasteiger partial charge in [0.25, 0.3) is 0 Å². The molecule has 5 rings (SSSR count). The lowest BCUT2D eigenvalue weighted by atomic mass is 10.00. The van der Waals surface area contributed by atoms with Crippen LogP contribution in [0.5, 0.6) is 28.7 Å². The predicted molar refractivity (Wildman–Crippen MR) is 133 cm³/mol. The smallest absolute Gasteiger partial charge is 0.229 e. The number of methoxy groups -OCH3 is 3. The molecule has 37 heavy (non-hydrogen) atoms. The third-order valence-electron chi connectivity index (χ3n) is 6.62. The van der Waals surface area contributed by atoms with Crippen molar-refractivity contribution in [2.24, 2.45) is 0 Å². The monoisotopic (exact) mass is 512 g/mol. The van der Waals surface area contributed by atoms with E-state index in [4.69, 9.17) is 28.1 Å². The first-order valence-electron chi connectivity index (χ1n) is 11.6. The van der Waals surface area contributed by atoms with Crippen LogP contribution < -0.4 is 18.9 Å². The molecular formula is C27H28O10. The van der Waals surface area contributed by atoms with Crippen molar-refractivity contribution < 1.29 is 48.5 Å². The van der Waals surface area contributed by atoms with Gasteiger partial charge < -0.3 is 48.5 Å². The Balaban J connectivity index is 1.64. The third-order valence-corrected chi connectivity index (χ3v) is 6.62. The van der Waals surface area contributed by atoms with Crippen LogP contribution in [0.25, 0.3) is 33.1 Å². The Hall–Kier alpha value is -3.70. The summed E-state index contributed by atoms with van der Waals surface area (Å²) in [4.78, 5) is 0. The molecule has 1 fully saturated rings. The van der Waals surface area contributed by atoms with Crippen LogP contribution in [0.4, 0.5) is 0 Å². The topological polar surface area (TPSA) is 140 Å². The van der Waals surface area contributed by atoms with Gasteiger partial charge in [-0.15, -0.1) is 0 Å². The van der Waals surface area contributed by atoms with Gasteiger partial charge in [-0.3, -0.25) is 0 Å². The molecule has 0 aliphatic carbocycles. The Bertz CT molecular complexity index is 1430. The van der Waals surface area contributed by atoms with Gasteiger partial charge in [-0.05, 0) is 42.8 Å². The summed E-state index contributed by atoms with van der Waals surface area (Å²) in [6.07, 6.45) is -6.24. The van der Waals surface area contributed by atoms with E-state index in [1.54, 1.807) is 56.5 Å². The van der Waals surface area contributed by atoms with Crippen molar-refractivity contribution in [3.05, 3.63) is 42.5 Å². The number of phenols is 1. The number of rotatable bonds is 6. The van der Waals surface area contributed by atoms with Gasteiger partial charge in [0.05, 0.1) is 38.4 Å². The summed E-state index contributed by atoms with van der Waals surface area (Å²) in [5, 5.41) is 42.6. The minimum Gasteiger partial charge on any atom is -0.507 e. The molecule has 1 saturated heterocycles. The summed E-state index contributed by atoms with van der Waals surface area (Å²) in [5.41, 5.74) is 1.98. The average Bonchev–Trinajstić information content (AvgIpc) is 3.27. The van der Waals surface area contributed by atoms with Gasteiger partial charge in [0.15, 0.2) is 22.8 Å². The quantitative estimate of drug-likeness (QED) is 0.304. The van der Waals surface area contributed by atoms with Crippen LogP contribution in [0.1, 0.15) is 6.92 Å². The fourth-order valence-electron chi connectivity index (χ4n) is 4.67. The van der Waals surface area contributed by atoms with Crippen LogP contribution in [0.3, 0.4) is 0 Å². The van der Waals surface area contributed by atoms with E-state index in [1.165, 1.54) is 14.2 Å². The molecule has 10 nitrogen and oxygen atoms in total. The first-order chi connectivity index (χ1) is 17.8. The van der Waals surface area contributed by atoms with Crippen LogP contribution in [0.2, 0.25) is 0 Å². The minimum absolute atomic E-state index is 0.0393. The number of aliphatic hydroxyl groups is 3. The van der Waals surface area contributed by atoms with Gasteiger partial charge in [0.2, 0.25) is 6.29 Å². The van der Waals surface area contributed by atoms with E-state index < -0.39 is 30.7 Å². The molecule has 4 aromatic rings. The van der Waals surface area contributed by atoms with Gasteiger partial charge >= 0.3 is 0 Å². The second-order valence-electron chi connectivity index (χ2n) is 8.78. The second kappa shape index (κ2) is 9.64. The zero-order valence-electron chi connectivity index (χ0n) is 20.7. The highest BCUT2D eigenvalue weighted by molar-refractivity contribution is 6.13. The lowest BCUT2D eigenvalue weighted by Gasteiger charge is -2.39. The summed E-state index contributed by atoms with van der Waals surface area (Å²) >= 11 is 0. The maximum atomic E-state index is 11.1. The molecule has 0 amide bonds. The van der Waals surface area contributed by atoms with Crippen molar-refractivity contribution in [2.75, 3.05) is 21.3 Å². The van der Waals surface area contributed by atoms with Gasteiger partial charge in [-0.25, -0.2) is 0 Å². The van der Waals surface area contributed by atoms with Crippen molar-refractivity contribution in [3.8, 4) is 39.9 Å². The highest BCUT2D eigenvalue weighted by Gasteiger charge is 2.43. The second-order valence-corrected chi connectivity index (χ2v) is 8.78. The molecule has 0 radical (unpaired) electrons. The van der Waals surface area contributed by atoms with E-state index in [2.05, 4.69) is 0 Å². The number of hydrogen-bond acceptors (Lipinski definition) is 10. The molecule has 3 aromatic carbocycles. The molecule has 0 unspecified atom stereocenters. The van der Waals surface area contributed by atoms with Crippen molar-refractivity contribution in [1.82, 2.24) is 0 Å². The largest absolute Gasteiger partial charge is 0.507 e. The number of aromatic hydroxyl groups is 1. The number of furan rings is 1. The van der Waals surface area contributed by atoms with Crippen LogP contribution in [0.15, 0.2) is 46.9 Å². The molecule has 1 aliphatic heterocycles. The molecule has 5 atom stereocenters. The van der Waals surface area contributed by atoms with E-state index in [-0.39, 0.29) is 17.2 Å². The van der Waals surface area contributed by atoms with Crippen molar-refractivity contribution in [2.45, 2.75) is 37.6 Å². The number of benzene rings is 3. The number of fused-ring (bicyclic) bond motifs is 3. The van der Waals surface area contributed by atoms with Crippen LogP contribution in [0, 0.1) is 0 Å². The van der Waals surface area contributed by atoms with E-state index in [0.717, 1.165) is 0 Å². The Kier molecular flexibility index (Phi) is 6.50. The molecule has 0 bridgehead atoms. The van der Waals surface area contributed by atoms with Crippen LogP contribution >= 0.6 is 0 Å². The van der Waals surface area contributed by atoms with E-state index in [9.17, 15) is 20.4 Å². The van der Waals surface area contributed by atoms with Crippen LogP contribution in [-0.2, 0) is 4.74 Å². The van der Waals surface area contributed by atoms with Crippen molar-refractivity contribution >= 4 is 21.9 Å². The lowest BCUT2D eigenvalue weighted by molar-refractivity contribution is -0.268. The van der Waals surface area contributed by atoms with E-state index in [0.29, 0.717) is 44.6 Å². The lowest BCUT2D eigenvalue weighted by Crippen LogP contribution is -2.58. The number of ether oxygens (including phenoxy) is 5. The molecule has 1 aliphatic rings. The maximum Gasteiger partial charge on any atom is 0.229 e. The molecular weight excluding hydrogens is 484 g/mol. The fourth-order valence-corrected chi connectivity index (χ4v) is 4.67. The number of hydrogen-bond donors (Lipinski definition) is 4. The number of phenolic OH excluding ortho intramolecular Hbond substituents is 1. The standard InChI is InChI=1S/C27H28O10/c1-12-21(29)22(30)23(31)27(35-12)37-18-10-9-17-20(25(18)33-3)15-11-16(28)19(26(34-4)24(15)36-17)13-5-7-14(32-2)8-6-13/h5-12,21-23,27-31H,1-4H3/t12-,21-,22+,23+,27-/m0/s1. The highest BCUT2D eigenvalue weighted by atomic mass is 16.7. The third kappa shape index (κ3) is 4.08. The van der Waals surface area contributed by atoms with Crippen molar-refractivity contribution in [3.63, 3.8) is 0 Å². The molecule has 2 heterocycles. The van der Waals surface area contributed by atoms with E-state index in [1.807, 2.05) is 0 Å². The molecule has 10 heteroatoms. The Morgan fingerprint density at radius 1 is 0.811 bits per heavy atom. The Morgan fingerprint density at radius 2 is 1.51 bits per heavy atom. The Morgan fingerprint density at radius 3 is 2.16 bits per heavy atom. The van der Waals surface area contributed by atoms with Crippen LogP contribution in [-0.4, -0.2) is 72.5 Å². The average molecular weight is 513 g/mol. The van der Waals surface area contributed by atoms with E-state index >= 15 is 0 Å². The first kappa shape index (κ1) is 25.0. The molecule has 4 N–H and O–H groups in total. The first-order valence-corrected chi connectivity index (χ1v) is 11.6. The summed E-state index contributed by atoms with van der Waals surface area (Å²) in [7, 11) is 4.51. The molecule has 0 spiro atoms. The Labute approximate surface area is 212 Å². The summed E-state index contributed by atoms with van der Waals surface area (Å²) in [6.45, 7) is 1.57. The van der Waals surface area contributed by atoms with Gasteiger partial charge in [-0.1, -0.05) is 12.1 Å². The van der Waals surface area contributed by atoms with Gasteiger partial charge in [0.1, 0.15) is 35.4 Å². The molecule has 1 aromatic heterocycles. The highest BCUT2D eigenvalue weighted by Crippen LogP contribution is 2.50. The van der Waals surface area contributed by atoms with Gasteiger partial charge in [0, 0.05) is 5.39 Å². The van der Waals surface area contributed by atoms with Crippen molar-refractivity contribution in [1.29, 1.82) is 0 Å². The summed E-state index contributed by atoms with van der Waals surface area (Å²) in [6, 6.07) is 12.0.